The average molecular weight is 532 g/mol. The molecule has 2 aromatic rings. The summed E-state index contributed by atoms with van der Waals surface area (Å²) < 4.78 is 0. The molecule has 0 bridgehead atoms. The SMILES string of the molecule is N#CC(c1ccccc1)(C1CCN(CC2CN(c3ccc([N+](=O)[O-])cc3)C2)CC1)[C@@H]1CCC[C@@H]1CNC(=O)O. The molecule has 206 valence electrons. The highest BCUT2D eigenvalue weighted by Crippen LogP contribution is 2.52. The lowest BCUT2D eigenvalue weighted by atomic mass is 9.58. The van der Waals surface area contributed by atoms with Crippen LogP contribution in [0.1, 0.15) is 37.7 Å². The molecule has 5 rings (SSSR count). The van der Waals surface area contributed by atoms with Gasteiger partial charge in [0.05, 0.1) is 16.4 Å². The Labute approximate surface area is 229 Å². The topological polar surface area (TPSA) is 123 Å². The summed E-state index contributed by atoms with van der Waals surface area (Å²) in [5, 5.41) is 33.6. The van der Waals surface area contributed by atoms with Crippen molar-refractivity contribution in [1.29, 1.82) is 5.26 Å². The van der Waals surface area contributed by atoms with Crippen molar-refractivity contribution in [2.24, 2.45) is 23.7 Å². The summed E-state index contributed by atoms with van der Waals surface area (Å²) in [5.41, 5.74) is 1.61. The van der Waals surface area contributed by atoms with E-state index >= 15 is 0 Å². The summed E-state index contributed by atoms with van der Waals surface area (Å²) in [4.78, 5) is 26.6. The number of carbonyl (C=O) groups is 1. The van der Waals surface area contributed by atoms with Gasteiger partial charge in [0.15, 0.2) is 0 Å². The Balaban J connectivity index is 1.22. The summed E-state index contributed by atoms with van der Waals surface area (Å²) in [7, 11) is 0. The minimum atomic E-state index is -1.00. The highest BCUT2D eigenvalue weighted by molar-refractivity contribution is 5.64. The van der Waals surface area contributed by atoms with Crippen LogP contribution in [0.3, 0.4) is 0 Å². The Bertz CT molecular complexity index is 1190. The van der Waals surface area contributed by atoms with Crippen LogP contribution in [0, 0.1) is 45.1 Å². The first-order chi connectivity index (χ1) is 18.9. The summed E-state index contributed by atoms with van der Waals surface area (Å²) in [5.74, 6) is 1.09. The highest BCUT2D eigenvalue weighted by Gasteiger charge is 2.52. The summed E-state index contributed by atoms with van der Waals surface area (Å²) in [6, 6.07) is 19.8. The molecule has 1 amide bonds. The zero-order chi connectivity index (χ0) is 27.4. The number of nitrogens with one attached hydrogen (secondary N) is 1. The van der Waals surface area contributed by atoms with Crippen molar-refractivity contribution in [3.8, 4) is 6.07 Å². The van der Waals surface area contributed by atoms with Crippen LogP contribution in [-0.4, -0.2) is 60.3 Å². The number of anilines is 1. The van der Waals surface area contributed by atoms with Crippen molar-refractivity contribution in [1.82, 2.24) is 10.2 Å². The molecule has 2 saturated heterocycles. The molecule has 0 spiro atoms. The number of non-ortho nitro benzene ring substituents is 1. The number of rotatable bonds is 9. The van der Waals surface area contributed by atoms with Crippen molar-refractivity contribution in [2.75, 3.05) is 44.2 Å². The molecule has 2 aromatic carbocycles. The van der Waals surface area contributed by atoms with E-state index in [9.17, 15) is 25.3 Å². The van der Waals surface area contributed by atoms with E-state index in [1.807, 2.05) is 30.3 Å². The lowest BCUT2D eigenvalue weighted by molar-refractivity contribution is -0.384. The first kappa shape index (κ1) is 26.9. The molecule has 9 heteroatoms. The van der Waals surface area contributed by atoms with Crippen molar-refractivity contribution in [2.45, 2.75) is 37.5 Å². The standard InChI is InChI=1S/C30H37N5O4/c31-21-30(24-6-2-1-3-7-24,28-8-4-5-23(28)17-32-29(36)37)25-13-15-33(16-14-25)18-22-19-34(20-22)26-9-11-27(12-10-26)35(38)39/h1-3,6-7,9-12,22-23,25,28,32H,4-5,8,13-20H2,(H,36,37)/t23-,28-,30?/m1/s1. The van der Waals surface area contributed by atoms with Crippen LogP contribution in [0.25, 0.3) is 0 Å². The predicted octanol–water partition coefficient (Wildman–Crippen LogP) is 4.89. The number of carboxylic acid groups (broad SMARTS) is 1. The summed E-state index contributed by atoms with van der Waals surface area (Å²) >= 11 is 0. The van der Waals surface area contributed by atoms with Gasteiger partial charge in [-0.3, -0.25) is 10.1 Å². The molecule has 3 aliphatic rings. The third kappa shape index (κ3) is 5.57. The van der Waals surface area contributed by atoms with Gasteiger partial charge in [0.1, 0.15) is 0 Å². The average Bonchev–Trinajstić information content (AvgIpc) is 3.40. The van der Waals surface area contributed by atoms with E-state index < -0.39 is 11.5 Å². The van der Waals surface area contributed by atoms with Crippen LogP contribution >= 0.6 is 0 Å². The molecule has 1 aliphatic carbocycles. The van der Waals surface area contributed by atoms with Crippen LogP contribution in [0.4, 0.5) is 16.2 Å². The molecule has 1 unspecified atom stereocenters. The molecule has 3 fully saturated rings. The van der Waals surface area contributed by atoms with E-state index in [0.29, 0.717) is 12.5 Å². The van der Waals surface area contributed by atoms with Crippen molar-refractivity contribution in [3.05, 3.63) is 70.3 Å². The van der Waals surface area contributed by atoms with Gasteiger partial charge in [0, 0.05) is 49.9 Å². The largest absolute Gasteiger partial charge is 0.465 e. The number of nitro groups is 1. The Morgan fingerprint density at radius 1 is 1.08 bits per heavy atom. The van der Waals surface area contributed by atoms with Crippen molar-refractivity contribution in [3.63, 3.8) is 0 Å². The van der Waals surface area contributed by atoms with E-state index in [4.69, 9.17) is 0 Å². The van der Waals surface area contributed by atoms with E-state index in [2.05, 4.69) is 33.3 Å². The monoisotopic (exact) mass is 531 g/mol. The molecule has 1 saturated carbocycles. The van der Waals surface area contributed by atoms with Crippen molar-refractivity contribution < 1.29 is 14.8 Å². The Kier molecular flexibility index (Phi) is 8.03. The van der Waals surface area contributed by atoms with Gasteiger partial charge in [0.2, 0.25) is 0 Å². The summed E-state index contributed by atoms with van der Waals surface area (Å²) in [6.45, 7) is 5.24. The molecule has 2 N–H and O–H groups in total. The second kappa shape index (κ2) is 11.6. The van der Waals surface area contributed by atoms with E-state index in [0.717, 1.165) is 76.1 Å². The Hall–Kier alpha value is -3.64. The van der Waals surface area contributed by atoms with Gasteiger partial charge < -0.3 is 20.2 Å². The maximum absolute atomic E-state index is 11.2. The zero-order valence-corrected chi connectivity index (χ0v) is 22.2. The first-order valence-corrected chi connectivity index (χ1v) is 14.1. The highest BCUT2D eigenvalue weighted by atomic mass is 16.6. The van der Waals surface area contributed by atoms with E-state index in [-0.39, 0.29) is 28.4 Å². The van der Waals surface area contributed by atoms with Crippen LogP contribution in [0.15, 0.2) is 54.6 Å². The van der Waals surface area contributed by atoms with Gasteiger partial charge in [-0.1, -0.05) is 36.8 Å². The number of likely N-dealkylation sites (tertiary alicyclic amines) is 1. The summed E-state index contributed by atoms with van der Waals surface area (Å²) in [6.07, 6.45) is 3.84. The first-order valence-electron chi connectivity index (χ1n) is 14.1. The smallest absolute Gasteiger partial charge is 0.404 e. The quantitative estimate of drug-likeness (QED) is 0.349. The van der Waals surface area contributed by atoms with Gasteiger partial charge in [0.25, 0.3) is 5.69 Å². The number of nitro benzene ring substituents is 1. The number of hydrogen-bond donors (Lipinski definition) is 2. The molecule has 0 radical (unpaired) electrons. The third-order valence-electron chi connectivity index (χ3n) is 9.33. The maximum Gasteiger partial charge on any atom is 0.404 e. The zero-order valence-electron chi connectivity index (χ0n) is 22.2. The van der Waals surface area contributed by atoms with Crippen LogP contribution in [-0.2, 0) is 5.41 Å². The number of nitriles is 1. The predicted molar refractivity (Wildman–Crippen MR) is 149 cm³/mol. The van der Waals surface area contributed by atoms with Gasteiger partial charge in [-0.05, 0) is 74.2 Å². The van der Waals surface area contributed by atoms with Crippen LogP contribution in [0.2, 0.25) is 0 Å². The fourth-order valence-corrected chi connectivity index (χ4v) is 7.42. The molecule has 2 aliphatic heterocycles. The molecular formula is C30H37N5O4. The van der Waals surface area contributed by atoms with E-state index in [1.165, 1.54) is 0 Å². The fourth-order valence-electron chi connectivity index (χ4n) is 7.42. The number of hydrogen-bond acceptors (Lipinski definition) is 6. The van der Waals surface area contributed by atoms with Crippen molar-refractivity contribution >= 4 is 17.5 Å². The normalized spacial score (nSPS) is 23.9. The Morgan fingerprint density at radius 3 is 2.38 bits per heavy atom. The second-order valence-electron chi connectivity index (χ2n) is 11.4. The molecule has 2 heterocycles. The molecule has 0 aromatic heterocycles. The minimum Gasteiger partial charge on any atom is -0.465 e. The van der Waals surface area contributed by atoms with Crippen LogP contribution in [0.5, 0.6) is 0 Å². The van der Waals surface area contributed by atoms with Gasteiger partial charge >= 0.3 is 6.09 Å². The maximum atomic E-state index is 11.2. The molecule has 3 atom stereocenters. The molecule has 39 heavy (non-hydrogen) atoms. The Morgan fingerprint density at radius 2 is 1.77 bits per heavy atom. The second-order valence-corrected chi connectivity index (χ2v) is 11.4. The lowest BCUT2D eigenvalue weighted by Gasteiger charge is -2.48. The minimum absolute atomic E-state index is 0.115. The van der Waals surface area contributed by atoms with Gasteiger partial charge in [-0.2, -0.15) is 5.26 Å². The van der Waals surface area contributed by atoms with E-state index in [1.54, 1.807) is 12.1 Å². The lowest BCUT2D eigenvalue weighted by Crippen LogP contribution is -2.54. The number of benzene rings is 2. The third-order valence-corrected chi connectivity index (χ3v) is 9.33. The number of amides is 1. The number of piperidine rings is 1. The fraction of sp³-hybridized carbons (Fsp3) is 0.533. The van der Waals surface area contributed by atoms with Gasteiger partial charge in [-0.25, -0.2) is 4.79 Å². The number of nitrogens with zero attached hydrogens (tertiary/aromatic N) is 4. The van der Waals surface area contributed by atoms with Crippen LogP contribution < -0.4 is 10.2 Å². The molecular weight excluding hydrogens is 494 g/mol. The molecule has 9 nitrogen and oxygen atoms in total. The van der Waals surface area contributed by atoms with Gasteiger partial charge in [-0.15, -0.1) is 0 Å².